The van der Waals surface area contributed by atoms with Gasteiger partial charge in [-0.05, 0) is 6.92 Å². The summed E-state index contributed by atoms with van der Waals surface area (Å²) in [6.45, 7) is 9.27. The van der Waals surface area contributed by atoms with Crippen molar-refractivity contribution in [3.8, 4) is 0 Å². The second-order valence-corrected chi connectivity index (χ2v) is 2.87. The van der Waals surface area contributed by atoms with Gasteiger partial charge in [-0.15, -0.1) is 0 Å². The standard InChI is InChI=1S/C6H12FN.C2H6/c1-5(7)6(2)3-8-4-6;1-2/h5,8H,3-4H2,1-2H3;1-2H3/t5-;/m1./s1. The van der Waals surface area contributed by atoms with Crippen LogP contribution in [0.5, 0.6) is 0 Å². The maximum Gasteiger partial charge on any atom is 0.105 e. The largest absolute Gasteiger partial charge is 0.315 e. The lowest BCUT2D eigenvalue weighted by Gasteiger charge is -2.40. The summed E-state index contributed by atoms with van der Waals surface area (Å²) in [4.78, 5) is 0. The Morgan fingerprint density at radius 3 is 1.80 bits per heavy atom. The number of halogens is 1. The molecule has 0 aromatic heterocycles. The Hall–Kier alpha value is -0.110. The van der Waals surface area contributed by atoms with Crippen LogP contribution in [-0.4, -0.2) is 19.3 Å². The fourth-order valence-corrected chi connectivity index (χ4v) is 0.801. The first-order valence-electron chi connectivity index (χ1n) is 4.00. The zero-order valence-corrected chi connectivity index (χ0v) is 7.37. The highest BCUT2D eigenvalue weighted by Crippen LogP contribution is 2.27. The summed E-state index contributed by atoms with van der Waals surface area (Å²) in [6, 6.07) is 0. The molecule has 0 amide bonds. The summed E-state index contributed by atoms with van der Waals surface area (Å²) in [6.07, 6.45) is -0.663. The molecule has 0 bridgehead atoms. The minimum Gasteiger partial charge on any atom is -0.315 e. The summed E-state index contributed by atoms with van der Waals surface area (Å²) >= 11 is 0. The maximum atomic E-state index is 12.5. The van der Waals surface area contributed by atoms with Crippen LogP contribution < -0.4 is 5.32 Å². The Morgan fingerprint density at radius 1 is 1.40 bits per heavy atom. The van der Waals surface area contributed by atoms with Crippen molar-refractivity contribution in [3.05, 3.63) is 0 Å². The monoisotopic (exact) mass is 147 g/mol. The SMILES string of the molecule is CC.C[C@@H](F)C1(C)CNC1. The van der Waals surface area contributed by atoms with Crippen LogP contribution in [0, 0.1) is 5.41 Å². The van der Waals surface area contributed by atoms with Crippen LogP contribution in [0.25, 0.3) is 0 Å². The van der Waals surface area contributed by atoms with Crippen LogP contribution in [-0.2, 0) is 0 Å². The van der Waals surface area contributed by atoms with Gasteiger partial charge in [0.1, 0.15) is 6.17 Å². The van der Waals surface area contributed by atoms with Crippen LogP contribution in [0.1, 0.15) is 27.7 Å². The van der Waals surface area contributed by atoms with E-state index in [-0.39, 0.29) is 5.41 Å². The van der Waals surface area contributed by atoms with E-state index in [4.69, 9.17) is 0 Å². The number of nitrogens with one attached hydrogen (secondary N) is 1. The Balaban J connectivity index is 0.000000371. The minimum atomic E-state index is -0.663. The summed E-state index contributed by atoms with van der Waals surface area (Å²) in [5, 5.41) is 3.04. The Bertz CT molecular complexity index is 87.3. The molecule has 10 heavy (non-hydrogen) atoms. The average Bonchev–Trinajstić information content (AvgIpc) is 1.87. The van der Waals surface area contributed by atoms with E-state index < -0.39 is 6.17 Å². The third-order valence-corrected chi connectivity index (χ3v) is 2.02. The summed E-state index contributed by atoms with van der Waals surface area (Å²) in [7, 11) is 0. The minimum absolute atomic E-state index is 0.0556. The maximum absolute atomic E-state index is 12.5. The van der Waals surface area contributed by atoms with Crippen molar-refractivity contribution < 1.29 is 4.39 Å². The van der Waals surface area contributed by atoms with Crippen LogP contribution in [0.4, 0.5) is 4.39 Å². The predicted octanol–water partition coefficient (Wildman–Crippen LogP) is 1.98. The number of hydrogen-bond acceptors (Lipinski definition) is 1. The molecule has 1 nitrogen and oxygen atoms in total. The number of alkyl halides is 1. The van der Waals surface area contributed by atoms with Crippen molar-refractivity contribution in [2.45, 2.75) is 33.9 Å². The molecule has 1 aliphatic rings. The Morgan fingerprint density at radius 2 is 1.80 bits per heavy atom. The van der Waals surface area contributed by atoms with Crippen LogP contribution in [0.15, 0.2) is 0 Å². The normalized spacial score (nSPS) is 23.7. The molecule has 0 aromatic carbocycles. The van der Waals surface area contributed by atoms with Gasteiger partial charge < -0.3 is 5.32 Å². The van der Waals surface area contributed by atoms with Crippen LogP contribution in [0.2, 0.25) is 0 Å². The Kier molecular flexibility index (Phi) is 3.87. The molecule has 1 rings (SSSR count). The lowest BCUT2D eigenvalue weighted by molar-refractivity contribution is 0.0771. The first kappa shape index (κ1) is 9.89. The lowest BCUT2D eigenvalue weighted by atomic mass is 9.80. The zero-order valence-electron chi connectivity index (χ0n) is 7.37. The zero-order chi connectivity index (χ0) is 8.20. The highest BCUT2D eigenvalue weighted by molar-refractivity contribution is 4.92. The third-order valence-electron chi connectivity index (χ3n) is 2.02. The van der Waals surface area contributed by atoms with E-state index in [2.05, 4.69) is 5.32 Å². The number of rotatable bonds is 1. The van der Waals surface area contributed by atoms with Crippen molar-refractivity contribution in [1.29, 1.82) is 0 Å². The first-order valence-corrected chi connectivity index (χ1v) is 4.00. The molecule has 1 fully saturated rings. The smallest absolute Gasteiger partial charge is 0.105 e. The Labute approximate surface area is 63.0 Å². The van der Waals surface area contributed by atoms with Crippen LogP contribution in [0.3, 0.4) is 0 Å². The molecule has 0 aromatic rings. The van der Waals surface area contributed by atoms with E-state index in [0.29, 0.717) is 0 Å². The van der Waals surface area contributed by atoms with Crippen molar-refractivity contribution in [2.75, 3.05) is 13.1 Å². The fraction of sp³-hybridized carbons (Fsp3) is 1.00. The molecule has 1 N–H and O–H groups in total. The molecule has 0 saturated carbocycles. The summed E-state index contributed by atoms with van der Waals surface area (Å²) in [5.41, 5.74) is -0.0556. The van der Waals surface area contributed by atoms with Crippen molar-refractivity contribution >= 4 is 0 Å². The summed E-state index contributed by atoms with van der Waals surface area (Å²) < 4.78 is 12.5. The van der Waals surface area contributed by atoms with Gasteiger partial charge in [-0.25, -0.2) is 4.39 Å². The van der Waals surface area contributed by atoms with Gasteiger partial charge in [0.05, 0.1) is 0 Å². The van der Waals surface area contributed by atoms with Gasteiger partial charge in [0, 0.05) is 18.5 Å². The van der Waals surface area contributed by atoms with Crippen molar-refractivity contribution in [3.63, 3.8) is 0 Å². The van der Waals surface area contributed by atoms with E-state index in [9.17, 15) is 4.39 Å². The highest BCUT2D eigenvalue weighted by atomic mass is 19.1. The molecular weight excluding hydrogens is 129 g/mol. The van der Waals surface area contributed by atoms with E-state index >= 15 is 0 Å². The second-order valence-electron chi connectivity index (χ2n) is 2.87. The molecule has 0 radical (unpaired) electrons. The van der Waals surface area contributed by atoms with Gasteiger partial charge in [-0.3, -0.25) is 0 Å². The van der Waals surface area contributed by atoms with E-state index in [1.165, 1.54) is 0 Å². The van der Waals surface area contributed by atoms with Gasteiger partial charge in [-0.2, -0.15) is 0 Å². The molecule has 2 heteroatoms. The third kappa shape index (κ3) is 1.94. The van der Waals surface area contributed by atoms with Gasteiger partial charge in [0.2, 0.25) is 0 Å². The molecule has 1 saturated heterocycles. The topological polar surface area (TPSA) is 12.0 Å². The first-order chi connectivity index (χ1) is 4.65. The molecule has 0 aliphatic carbocycles. The van der Waals surface area contributed by atoms with E-state index in [1.807, 2.05) is 20.8 Å². The summed E-state index contributed by atoms with van der Waals surface area (Å²) in [5.74, 6) is 0. The van der Waals surface area contributed by atoms with E-state index in [1.54, 1.807) is 6.92 Å². The van der Waals surface area contributed by atoms with E-state index in [0.717, 1.165) is 13.1 Å². The van der Waals surface area contributed by atoms with Gasteiger partial charge >= 0.3 is 0 Å². The molecule has 0 unspecified atom stereocenters. The predicted molar refractivity (Wildman–Crippen MR) is 42.9 cm³/mol. The molecule has 0 spiro atoms. The quantitative estimate of drug-likeness (QED) is 0.598. The second kappa shape index (κ2) is 3.91. The molecule has 1 aliphatic heterocycles. The average molecular weight is 147 g/mol. The van der Waals surface area contributed by atoms with Crippen molar-refractivity contribution in [2.24, 2.45) is 5.41 Å². The van der Waals surface area contributed by atoms with Crippen molar-refractivity contribution in [1.82, 2.24) is 5.32 Å². The lowest BCUT2D eigenvalue weighted by Crippen LogP contribution is -2.55. The van der Waals surface area contributed by atoms with Gasteiger partial charge in [-0.1, -0.05) is 20.8 Å². The molecule has 62 valence electrons. The molecular formula is C8H18FN. The van der Waals surface area contributed by atoms with Gasteiger partial charge in [0.25, 0.3) is 0 Å². The number of hydrogen-bond donors (Lipinski definition) is 1. The van der Waals surface area contributed by atoms with Crippen LogP contribution >= 0.6 is 0 Å². The molecule has 1 atom stereocenters. The molecule has 1 heterocycles. The fourth-order valence-electron chi connectivity index (χ4n) is 0.801. The highest BCUT2D eigenvalue weighted by Gasteiger charge is 2.37. The van der Waals surface area contributed by atoms with Gasteiger partial charge in [0.15, 0.2) is 0 Å².